The number of hydrogen-bond acceptors (Lipinski definition) is 2. The number of allylic oxidation sites excluding steroid dienone is 3. The molecule has 3 aliphatic rings. The summed E-state index contributed by atoms with van der Waals surface area (Å²) in [6, 6.07) is 18.5. The summed E-state index contributed by atoms with van der Waals surface area (Å²) >= 11 is 0. The van der Waals surface area contributed by atoms with Crippen LogP contribution in [0.2, 0.25) is 0 Å². The molecule has 32 heavy (non-hydrogen) atoms. The second-order valence-corrected chi connectivity index (χ2v) is 10.0. The molecule has 0 spiro atoms. The van der Waals surface area contributed by atoms with Crippen LogP contribution in [0, 0.1) is 12.8 Å². The summed E-state index contributed by atoms with van der Waals surface area (Å²) in [6.07, 6.45) is 15.0. The predicted molar refractivity (Wildman–Crippen MR) is 135 cm³/mol. The maximum Gasteiger partial charge on any atom is 0.148 e. The highest BCUT2D eigenvalue weighted by atomic mass is 15.3. The average Bonchev–Trinajstić information content (AvgIpc) is 3.18. The molecule has 0 N–H and O–H groups in total. The topological polar surface area (TPSA) is 15.6 Å². The minimum atomic E-state index is 0.0333. The molecule has 2 aromatic carbocycles. The van der Waals surface area contributed by atoms with E-state index in [2.05, 4.69) is 92.4 Å². The molecular weight excluding hydrogens is 388 g/mol. The van der Waals surface area contributed by atoms with Gasteiger partial charge in [0.1, 0.15) is 6.17 Å². The Hall–Kier alpha value is -2.61. The van der Waals surface area contributed by atoms with Crippen molar-refractivity contribution in [2.45, 2.75) is 77.4 Å². The summed E-state index contributed by atoms with van der Waals surface area (Å²) in [7, 11) is 0. The van der Waals surface area contributed by atoms with Crippen molar-refractivity contribution < 1.29 is 0 Å². The van der Waals surface area contributed by atoms with Crippen molar-refractivity contribution in [2.75, 3.05) is 0 Å². The molecule has 1 heterocycles. The van der Waals surface area contributed by atoms with Gasteiger partial charge in [0.05, 0.1) is 11.8 Å². The molecule has 166 valence electrons. The zero-order valence-electron chi connectivity index (χ0n) is 19.8. The molecule has 0 aromatic heterocycles. The van der Waals surface area contributed by atoms with E-state index in [1.54, 1.807) is 0 Å². The van der Waals surface area contributed by atoms with Crippen LogP contribution in [0.25, 0.3) is 0 Å². The van der Waals surface area contributed by atoms with E-state index in [4.69, 9.17) is 4.99 Å². The van der Waals surface area contributed by atoms with Crippen molar-refractivity contribution in [1.82, 2.24) is 4.90 Å². The van der Waals surface area contributed by atoms with Gasteiger partial charge in [0, 0.05) is 5.70 Å². The molecule has 0 radical (unpaired) electrons. The number of nitrogens with zero attached hydrogens (tertiary/aromatic N) is 2. The van der Waals surface area contributed by atoms with Crippen molar-refractivity contribution in [3.63, 3.8) is 0 Å². The lowest BCUT2D eigenvalue weighted by atomic mass is 9.84. The van der Waals surface area contributed by atoms with E-state index in [9.17, 15) is 0 Å². The molecule has 5 rings (SSSR count). The number of aliphatic imine (C=N–C) groups is 1. The van der Waals surface area contributed by atoms with Crippen LogP contribution < -0.4 is 0 Å². The van der Waals surface area contributed by atoms with Crippen LogP contribution in [0.15, 0.2) is 77.4 Å². The van der Waals surface area contributed by atoms with Gasteiger partial charge in [0.2, 0.25) is 0 Å². The molecule has 1 fully saturated rings. The first-order chi connectivity index (χ1) is 15.6. The molecule has 2 aromatic rings. The number of rotatable bonds is 4. The zero-order valence-corrected chi connectivity index (χ0v) is 19.8. The molecule has 1 aliphatic heterocycles. The maximum atomic E-state index is 5.32. The molecular formula is C30H36N2. The van der Waals surface area contributed by atoms with Gasteiger partial charge in [-0.1, -0.05) is 92.4 Å². The third-order valence-electron chi connectivity index (χ3n) is 7.59. The standard InChI is InChI=1S/C30H36N2/c1-21-9-13-26(14-10-21)29-23(3)32(28-19-11-22(2)12-20-28)30(31-29)27-17-15-25(16-18-27)24-7-5-4-6-8-24/h9-11,13-20,22-24,30H,4-8,12H2,1-3H3. The van der Waals surface area contributed by atoms with Gasteiger partial charge in [-0.2, -0.15) is 0 Å². The van der Waals surface area contributed by atoms with E-state index >= 15 is 0 Å². The second kappa shape index (κ2) is 9.10. The Labute approximate surface area is 193 Å². The largest absolute Gasteiger partial charge is 0.338 e. The molecule has 2 nitrogen and oxygen atoms in total. The molecule has 0 bridgehead atoms. The Bertz CT molecular complexity index is 1020. The first-order valence-corrected chi connectivity index (χ1v) is 12.5. The smallest absolute Gasteiger partial charge is 0.148 e. The summed E-state index contributed by atoms with van der Waals surface area (Å²) in [5, 5.41) is 0. The van der Waals surface area contributed by atoms with Gasteiger partial charge >= 0.3 is 0 Å². The molecule has 0 saturated heterocycles. The van der Waals surface area contributed by atoms with Gasteiger partial charge in [0.25, 0.3) is 0 Å². The summed E-state index contributed by atoms with van der Waals surface area (Å²) in [5.74, 6) is 1.36. The van der Waals surface area contributed by atoms with E-state index < -0.39 is 0 Å². The highest BCUT2D eigenvalue weighted by Gasteiger charge is 2.36. The zero-order chi connectivity index (χ0) is 22.1. The van der Waals surface area contributed by atoms with Crippen molar-refractivity contribution in [3.05, 3.63) is 94.7 Å². The van der Waals surface area contributed by atoms with Crippen LogP contribution in [-0.2, 0) is 0 Å². The molecule has 0 amide bonds. The highest BCUT2D eigenvalue weighted by Crippen LogP contribution is 2.39. The lowest BCUT2D eigenvalue weighted by Gasteiger charge is -2.33. The monoisotopic (exact) mass is 424 g/mol. The van der Waals surface area contributed by atoms with E-state index in [-0.39, 0.29) is 12.2 Å². The number of benzene rings is 2. The summed E-state index contributed by atoms with van der Waals surface area (Å²) in [4.78, 5) is 7.85. The SMILES string of the molecule is Cc1ccc(C2=NC(c3ccc(C4CCCCC4)cc3)N(C3=CCC(C)C=C3)C2C)cc1. The van der Waals surface area contributed by atoms with Gasteiger partial charge in [-0.25, -0.2) is 0 Å². The van der Waals surface area contributed by atoms with Crippen molar-refractivity contribution in [3.8, 4) is 0 Å². The molecule has 3 atom stereocenters. The summed E-state index contributed by atoms with van der Waals surface area (Å²) in [6.45, 7) is 6.74. The molecule has 2 heteroatoms. The van der Waals surface area contributed by atoms with Crippen LogP contribution in [0.5, 0.6) is 0 Å². The molecule has 2 aliphatic carbocycles. The average molecular weight is 425 g/mol. The second-order valence-electron chi connectivity index (χ2n) is 10.0. The lowest BCUT2D eigenvalue weighted by molar-refractivity contribution is 0.275. The fourth-order valence-corrected chi connectivity index (χ4v) is 5.57. The van der Waals surface area contributed by atoms with Gasteiger partial charge < -0.3 is 4.90 Å². The fourth-order valence-electron chi connectivity index (χ4n) is 5.57. The van der Waals surface area contributed by atoms with Crippen molar-refractivity contribution >= 4 is 5.71 Å². The van der Waals surface area contributed by atoms with E-state index in [1.165, 1.54) is 65.8 Å². The van der Waals surface area contributed by atoms with Crippen LogP contribution in [0.3, 0.4) is 0 Å². The summed E-state index contributed by atoms with van der Waals surface area (Å²) < 4.78 is 0. The van der Waals surface area contributed by atoms with Gasteiger partial charge in [-0.3, -0.25) is 4.99 Å². The van der Waals surface area contributed by atoms with E-state index in [0.717, 1.165) is 12.3 Å². The van der Waals surface area contributed by atoms with Gasteiger partial charge in [-0.05, 0) is 67.7 Å². The maximum absolute atomic E-state index is 5.32. The minimum Gasteiger partial charge on any atom is -0.338 e. The minimum absolute atomic E-state index is 0.0333. The Balaban J connectivity index is 1.48. The van der Waals surface area contributed by atoms with Crippen LogP contribution >= 0.6 is 0 Å². The predicted octanol–water partition coefficient (Wildman–Crippen LogP) is 7.71. The first-order valence-electron chi connectivity index (χ1n) is 12.5. The van der Waals surface area contributed by atoms with Crippen molar-refractivity contribution in [2.24, 2.45) is 10.9 Å². The third-order valence-corrected chi connectivity index (χ3v) is 7.59. The number of hydrogen-bond donors (Lipinski definition) is 0. The van der Waals surface area contributed by atoms with E-state index in [0.29, 0.717) is 5.92 Å². The van der Waals surface area contributed by atoms with Crippen molar-refractivity contribution in [1.29, 1.82) is 0 Å². The van der Waals surface area contributed by atoms with Crippen LogP contribution in [0.1, 0.15) is 86.7 Å². The number of aryl methyl sites for hydroxylation is 1. The Morgan fingerprint density at radius 2 is 1.53 bits per heavy atom. The molecule has 1 saturated carbocycles. The van der Waals surface area contributed by atoms with Crippen LogP contribution in [0.4, 0.5) is 0 Å². The van der Waals surface area contributed by atoms with Gasteiger partial charge in [0.15, 0.2) is 0 Å². The third kappa shape index (κ3) is 4.20. The highest BCUT2D eigenvalue weighted by molar-refractivity contribution is 6.05. The Kier molecular flexibility index (Phi) is 6.04. The summed E-state index contributed by atoms with van der Waals surface area (Å²) in [5.41, 5.74) is 7.84. The van der Waals surface area contributed by atoms with E-state index in [1.807, 2.05) is 0 Å². The lowest BCUT2D eigenvalue weighted by Crippen LogP contribution is -2.34. The molecule has 3 unspecified atom stereocenters. The Morgan fingerprint density at radius 3 is 2.19 bits per heavy atom. The fraction of sp³-hybridized carbons (Fsp3) is 0.433. The van der Waals surface area contributed by atoms with Gasteiger partial charge in [-0.15, -0.1) is 0 Å². The first kappa shape index (κ1) is 21.2. The van der Waals surface area contributed by atoms with Crippen LogP contribution in [-0.4, -0.2) is 16.7 Å². The normalized spacial score (nSPS) is 26.2. The quantitative estimate of drug-likeness (QED) is 0.490. The Morgan fingerprint density at radius 1 is 0.844 bits per heavy atom.